The molecule has 0 aromatic heterocycles. The van der Waals surface area contributed by atoms with Crippen molar-refractivity contribution in [2.75, 3.05) is 26.3 Å². The van der Waals surface area contributed by atoms with E-state index in [2.05, 4.69) is 5.32 Å². The van der Waals surface area contributed by atoms with Gasteiger partial charge in [0.25, 0.3) is 0 Å². The van der Waals surface area contributed by atoms with E-state index in [1.165, 1.54) is 25.8 Å². The highest BCUT2D eigenvalue weighted by atomic mass is 16.5. The molecular formula is C8H15NO. The normalized spacial score (nSPS) is 31.2. The van der Waals surface area contributed by atoms with E-state index < -0.39 is 0 Å². The van der Waals surface area contributed by atoms with Crippen molar-refractivity contribution in [1.82, 2.24) is 5.32 Å². The first kappa shape index (κ1) is 6.62. The van der Waals surface area contributed by atoms with Gasteiger partial charge in [0.1, 0.15) is 0 Å². The summed E-state index contributed by atoms with van der Waals surface area (Å²) in [6.07, 6.45) is 4.12. The van der Waals surface area contributed by atoms with Gasteiger partial charge < -0.3 is 10.1 Å². The Kier molecular flexibility index (Phi) is 1.66. The van der Waals surface area contributed by atoms with Gasteiger partial charge in [-0.15, -0.1) is 0 Å². The third kappa shape index (κ3) is 1.32. The molecule has 2 nitrogen and oxygen atoms in total. The molecule has 0 radical (unpaired) electrons. The molecule has 0 bridgehead atoms. The molecule has 0 amide bonds. The van der Waals surface area contributed by atoms with Crippen LogP contribution in [0.3, 0.4) is 0 Å². The molecule has 1 heterocycles. The van der Waals surface area contributed by atoms with Crippen molar-refractivity contribution in [3.05, 3.63) is 0 Å². The summed E-state index contributed by atoms with van der Waals surface area (Å²) >= 11 is 0. The Bertz CT molecular complexity index is 110. The van der Waals surface area contributed by atoms with E-state index in [1.54, 1.807) is 0 Å². The zero-order valence-electron chi connectivity index (χ0n) is 6.36. The van der Waals surface area contributed by atoms with Crippen molar-refractivity contribution in [2.24, 2.45) is 5.41 Å². The Hall–Kier alpha value is -0.0800. The second-order valence-electron chi connectivity index (χ2n) is 3.54. The van der Waals surface area contributed by atoms with E-state index in [0.29, 0.717) is 5.41 Å². The number of ether oxygens (including phenoxy) is 1. The van der Waals surface area contributed by atoms with Crippen molar-refractivity contribution in [3.63, 3.8) is 0 Å². The molecule has 1 aliphatic carbocycles. The molecule has 10 heavy (non-hydrogen) atoms. The summed E-state index contributed by atoms with van der Waals surface area (Å²) in [6.45, 7) is 4.16. The first-order chi connectivity index (χ1) is 4.91. The Morgan fingerprint density at radius 3 is 2.80 bits per heavy atom. The molecule has 0 aromatic rings. The highest BCUT2D eigenvalue weighted by molar-refractivity contribution is 4.94. The van der Waals surface area contributed by atoms with E-state index in [1.807, 2.05) is 0 Å². The van der Waals surface area contributed by atoms with Gasteiger partial charge in [-0.25, -0.2) is 0 Å². The summed E-state index contributed by atoms with van der Waals surface area (Å²) in [5.41, 5.74) is 0.667. The molecule has 1 saturated carbocycles. The third-order valence-corrected chi connectivity index (χ3v) is 2.66. The van der Waals surface area contributed by atoms with E-state index in [-0.39, 0.29) is 0 Å². The highest BCUT2D eigenvalue weighted by Gasteiger charge is 2.41. The Labute approximate surface area is 61.9 Å². The van der Waals surface area contributed by atoms with Crippen LogP contribution >= 0.6 is 0 Å². The van der Waals surface area contributed by atoms with Gasteiger partial charge in [-0.05, 0) is 24.7 Å². The van der Waals surface area contributed by atoms with Gasteiger partial charge in [0, 0.05) is 19.7 Å². The highest BCUT2D eigenvalue weighted by Crippen LogP contribution is 2.48. The van der Waals surface area contributed by atoms with Gasteiger partial charge in [-0.3, -0.25) is 0 Å². The molecule has 0 unspecified atom stereocenters. The monoisotopic (exact) mass is 141 g/mol. The fourth-order valence-electron chi connectivity index (χ4n) is 1.58. The minimum absolute atomic E-state index is 0.667. The Balaban J connectivity index is 1.84. The van der Waals surface area contributed by atoms with E-state index >= 15 is 0 Å². The smallest absolute Gasteiger partial charge is 0.0590 e. The third-order valence-electron chi connectivity index (χ3n) is 2.66. The van der Waals surface area contributed by atoms with Crippen molar-refractivity contribution < 1.29 is 4.74 Å². The lowest BCUT2D eigenvalue weighted by molar-refractivity contribution is 0.103. The fourth-order valence-corrected chi connectivity index (χ4v) is 1.58. The van der Waals surface area contributed by atoms with Crippen LogP contribution in [0.15, 0.2) is 0 Å². The molecule has 1 spiro atoms. The Morgan fingerprint density at radius 1 is 1.10 bits per heavy atom. The Morgan fingerprint density at radius 2 is 2.00 bits per heavy atom. The molecule has 58 valence electrons. The number of hydrogen-bond acceptors (Lipinski definition) is 2. The molecule has 1 saturated heterocycles. The minimum atomic E-state index is 0.667. The maximum atomic E-state index is 5.39. The van der Waals surface area contributed by atoms with Gasteiger partial charge in [-0.1, -0.05) is 0 Å². The van der Waals surface area contributed by atoms with Crippen LogP contribution in [0.4, 0.5) is 0 Å². The lowest BCUT2D eigenvalue weighted by atomic mass is 10.0. The average molecular weight is 141 g/mol. The largest absolute Gasteiger partial charge is 0.380 e. The summed E-state index contributed by atoms with van der Waals surface area (Å²) in [5, 5.41) is 3.42. The molecule has 0 atom stereocenters. The first-order valence-electron chi connectivity index (χ1n) is 4.20. The van der Waals surface area contributed by atoms with Crippen LogP contribution in [0.5, 0.6) is 0 Å². The predicted molar refractivity (Wildman–Crippen MR) is 40.0 cm³/mol. The van der Waals surface area contributed by atoms with E-state index in [0.717, 1.165) is 19.8 Å². The second-order valence-corrected chi connectivity index (χ2v) is 3.54. The zero-order chi connectivity index (χ0) is 6.86. The zero-order valence-corrected chi connectivity index (χ0v) is 6.36. The quantitative estimate of drug-likeness (QED) is 0.538. The van der Waals surface area contributed by atoms with Crippen molar-refractivity contribution >= 4 is 0 Å². The molecule has 2 heteroatoms. The molecule has 0 aromatic carbocycles. The first-order valence-corrected chi connectivity index (χ1v) is 4.20. The molecular weight excluding hydrogens is 126 g/mol. The van der Waals surface area contributed by atoms with Crippen LogP contribution in [0.2, 0.25) is 0 Å². The topological polar surface area (TPSA) is 21.3 Å². The molecule has 1 N–H and O–H groups in total. The average Bonchev–Trinajstić information content (AvgIpc) is 2.61. The summed E-state index contributed by atoms with van der Waals surface area (Å²) < 4.78 is 5.39. The van der Waals surface area contributed by atoms with Crippen molar-refractivity contribution in [1.29, 1.82) is 0 Å². The fraction of sp³-hybridized carbons (Fsp3) is 1.00. The van der Waals surface area contributed by atoms with E-state index in [4.69, 9.17) is 4.74 Å². The molecule has 2 fully saturated rings. The van der Waals surface area contributed by atoms with Crippen LogP contribution in [-0.2, 0) is 4.74 Å². The standard InChI is InChI=1S/C8H15NO/c1-2-8(1)3-5-10-6-4-9-7-8/h9H,1-7H2. The SMILES string of the molecule is C1COCCC2(CC2)CN1. The lowest BCUT2D eigenvalue weighted by Crippen LogP contribution is -2.31. The molecule has 2 aliphatic rings. The van der Waals surface area contributed by atoms with Gasteiger partial charge in [0.2, 0.25) is 0 Å². The predicted octanol–water partition coefficient (Wildman–Crippen LogP) is 0.776. The molecule has 1 aliphatic heterocycles. The summed E-state index contributed by atoms with van der Waals surface area (Å²) in [5.74, 6) is 0. The minimum Gasteiger partial charge on any atom is -0.380 e. The van der Waals surface area contributed by atoms with Crippen molar-refractivity contribution in [3.8, 4) is 0 Å². The summed E-state index contributed by atoms with van der Waals surface area (Å²) in [4.78, 5) is 0. The van der Waals surface area contributed by atoms with Gasteiger partial charge in [0.05, 0.1) is 6.61 Å². The summed E-state index contributed by atoms with van der Waals surface area (Å²) in [6, 6.07) is 0. The maximum absolute atomic E-state index is 5.39. The van der Waals surface area contributed by atoms with Gasteiger partial charge in [-0.2, -0.15) is 0 Å². The number of rotatable bonds is 0. The molecule has 2 rings (SSSR count). The van der Waals surface area contributed by atoms with E-state index in [9.17, 15) is 0 Å². The maximum Gasteiger partial charge on any atom is 0.0590 e. The van der Waals surface area contributed by atoms with Gasteiger partial charge in [0.15, 0.2) is 0 Å². The van der Waals surface area contributed by atoms with Crippen LogP contribution in [0, 0.1) is 5.41 Å². The van der Waals surface area contributed by atoms with Crippen molar-refractivity contribution in [2.45, 2.75) is 19.3 Å². The van der Waals surface area contributed by atoms with Crippen LogP contribution in [0.1, 0.15) is 19.3 Å². The number of hydrogen-bond donors (Lipinski definition) is 1. The van der Waals surface area contributed by atoms with Crippen LogP contribution in [0.25, 0.3) is 0 Å². The van der Waals surface area contributed by atoms with Gasteiger partial charge >= 0.3 is 0 Å². The number of nitrogens with one attached hydrogen (secondary N) is 1. The second kappa shape index (κ2) is 2.51. The lowest BCUT2D eigenvalue weighted by Gasteiger charge is -2.19. The van der Waals surface area contributed by atoms with Crippen LogP contribution < -0.4 is 5.32 Å². The van der Waals surface area contributed by atoms with Crippen LogP contribution in [-0.4, -0.2) is 26.3 Å². The summed E-state index contributed by atoms with van der Waals surface area (Å²) in [7, 11) is 0.